The Hall–Kier alpha value is -2.04. The molecule has 1 amide bonds. The van der Waals surface area contributed by atoms with Crippen LogP contribution >= 0.6 is 0 Å². The van der Waals surface area contributed by atoms with Crippen LogP contribution in [0.3, 0.4) is 0 Å². The standard InChI is InChI=1S/C14H18N2O3/c1-8-11(4-3-5-12(8)15)14(18)19-9(2)13(17)16-10-6-7-10/h3-5,9-10H,6-7,15H2,1-2H3,(H,16,17). The summed E-state index contributed by atoms with van der Waals surface area (Å²) in [4.78, 5) is 23.7. The molecule has 5 nitrogen and oxygen atoms in total. The van der Waals surface area contributed by atoms with Gasteiger partial charge in [-0.25, -0.2) is 4.79 Å². The van der Waals surface area contributed by atoms with Crippen molar-refractivity contribution in [1.82, 2.24) is 5.32 Å². The lowest BCUT2D eigenvalue weighted by atomic mass is 10.1. The molecule has 1 saturated carbocycles. The van der Waals surface area contributed by atoms with Gasteiger partial charge in [0, 0.05) is 11.7 Å². The highest BCUT2D eigenvalue weighted by Gasteiger charge is 2.27. The van der Waals surface area contributed by atoms with E-state index in [1.165, 1.54) is 0 Å². The highest BCUT2D eigenvalue weighted by molar-refractivity contribution is 5.94. The molecule has 2 rings (SSSR count). The quantitative estimate of drug-likeness (QED) is 0.635. The van der Waals surface area contributed by atoms with Gasteiger partial charge in [0.1, 0.15) is 0 Å². The van der Waals surface area contributed by atoms with E-state index >= 15 is 0 Å². The Morgan fingerprint density at radius 3 is 2.74 bits per heavy atom. The normalized spacial score (nSPS) is 15.7. The lowest BCUT2D eigenvalue weighted by molar-refractivity contribution is -0.129. The van der Waals surface area contributed by atoms with E-state index in [1.807, 2.05) is 0 Å². The second kappa shape index (κ2) is 5.30. The van der Waals surface area contributed by atoms with E-state index in [-0.39, 0.29) is 11.9 Å². The van der Waals surface area contributed by atoms with E-state index in [1.54, 1.807) is 32.0 Å². The fourth-order valence-electron chi connectivity index (χ4n) is 1.70. The summed E-state index contributed by atoms with van der Waals surface area (Å²) >= 11 is 0. The molecule has 0 saturated heterocycles. The maximum Gasteiger partial charge on any atom is 0.339 e. The molecule has 1 atom stereocenters. The first-order valence-electron chi connectivity index (χ1n) is 6.35. The molecule has 1 fully saturated rings. The minimum Gasteiger partial charge on any atom is -0.449 e. The molecule has 1 aromatic rings. The summed E-state index contributed by atoms with van der Waals surface area (Å²) in [7, 11) is 0. The molecule has 1 aliphatic carbocycles. The zero-order chi connectivity index (χ0) is 14.0. The van der Waals surface area contributed by atoms with Crippen LogP contribution in [0.25, 0.3) is 0 Å². The number of benzene rings is 1. The summed E-state index contributed by atoms with van der Waals surface area (Å²) < 4.78 is 5.16. The molecule has 1 aliphatic rings. The van der Waals surface area contributed by atoms with Crippen molar-refractivity contribution in [1.29, 1.82) is 0 Å². The van der Waals surface area contributed by atoms with Gasteiger partial charge in [-0.3, -0.25) is 4.79 Å². The molecule has 19 heavy (non-hydrogen) atoms. The second-order valence-corrected chi connectivity index (χ2v) is 4.85. The fraction of sp³-hybridized carbons (Fsp3) is 0.429. The zero-order valence-corrected chi connectivity index (χ0v) is 11.1. The highest BCUT2D eigenvalue weighted by Crippen LogP contribution is 2.20. The van der Waals surface area contributed by atoms with Gasteiger partial charge in [0.2, 0.25) is 0 Å². The molecule has 1 aromatic carbocycles. The third-order valence-electron chi connectivity index (χ3n) is 3.17. The Morgan fingerprint density at radius 1 is 1.42 bits per heavy atom. The Bertz CT molecular complexity index is 509. The first-order chi connectivity index (χ1) is 8.99. The first kappa shape index (κ1) is 13.4. The maximum atomic E-state index is 12.0. The molecule has 5 heteroatoms. The summed E-state index contributed by atoms with van der Waals surface area (Å²) in [5, 5.41) is 2.80. The number of carbonyl (C=O) groups is 2. The van der Waals surface area contributed by atoms with Gasteiger partial charge >= 0.3 is 5.97 Å². The predicted octanol–water partition coefficient (Wildman–Crippen LogP) is 1.40. The number of ether oxygens (including phenoxy) is 1. The van der Waals surface area contributed by atoms with E-state index in [9.17, 15) is 9.59 Å². The highest BCUT2D eigenvalue weighted by atomic mass is 16.5. The van der Waals surface area contributed by atoms with Gasteiger partial charge in [-0.15, -0.1) is 0 Å². The lowest BCUT2D eigenvalue weighted by Crippen LogP contribution is -2.37. The van der Waals surface area contributed by atoms with E-state index < -0.39 is 12.1 Å². The van der Waals surface area contributed by atoms with Crippen molar-refractivity contribution in [2.45, 2.75) is 38.8 Å². The Kier molecular flexibility index (Phi) is 3.74. The van der Waals surface area contributed by atoms with Crippen LogP contribution in [0.15, 0.2) is 18.2 Å². The first-order valence-corrected chi connectivity index (χ1v) is 6.35. The van der Waals surface area contributed by atoms with Crippen LogP contribution in [-0.2, 0) is 9.53 Å². The Morgan fingerprint density at radius 2 is 2.11 bits per heavy atom. The van der Waals surface area contributed by atoms with Crippen molar-refractivity contribution in [2.75, 3.05) is 5.73 Å². The number of esters is 1. The largest absolute Gasteiger partial charge is 0.449 e. The van der Waals surface area contributed by atoms with Crippen LogP contribution in [0, 0.1) is 6.92 Å². The van der Waals surface area contributed by atoms with E-state index in [2.05, 4.69) is 5.32 Å². The van der Waals surface area contributed by atoms with E-state index in [4.69, 9.17) is 10.5 Å². The van der Waals surface area contributed by atoms with Gasteiger partial charge in [-0.05, 0) is 44.4 Å². The van der Waals surface area contributed by atoms with Crippen molar-refractivity contribution in [2.24, 2.45) is 0 Å². The molecule has 0 aliphatic heterocycles. The molecule has 3 N–H and O–H groups in total. The Balaban J connectivity index is 1.99. The summed E-state index contributed by atoms with van der Waals surface area (Å²) in [6.07, 6.45) is 1.20. The molecule has 1 unspecified atom stereocenters. The lowest BCUT2D eigenvalue weighted by Gasteiger charge is -2.14. The van der Waals surface area contributed by atoms with Gasteiger partial charge < -0.3 is 15.8 Å². The number of carbonyl (C=O) groups excluding carboxylic acids is 2. The number of hydrogen-bond donors (Lipinski definition) is 2. The number of nitrogens with one attached hydrogen (secondary N) is 1. The van der Waals surface area contributed by atoms with Crippen molar-refractivity contribution < 1.29 is 14.3 Å². The third kappa shape index (κ3) is 3.24. The second-order valence-electron chi connectivity index (χ2n) is 4.85. The van der Waals surface area contributed by atoms with Crippen molar-refractivity contribution in [3.8, 4) is 0 Å². The van der Waals surface area contributed by atoms with Gasteiger partial charge in [0.15, 0.2) is 6.10 Å². The van der Waals surface area contributed by atoms with Gasteiger partial charge in [0.05, 0.1) is 5.56 Å². The average Bonchev–Trinajstić information content (AvgIpc) is 3.16. The molecule has 0 bridgehead atoms. The number of anilines is 1. The molecule has 0 spiro atoms. The minimum absolute atomic E-state index is 0.252. The summed E-state index contributed by atoms with van der Waals surface area (Å²) in [5.74, 6) is -0.777. The molecular formula is C14H18N2O3. The maximum absolute atomic E-state index is 12.0. The van der Waals surface area contributed by atoms with Crippen molar-refractivity contribution in [3.05, 3.63) is 29.3 Å². The van der Waals surface area contributed by atoms with Crippen LogP contribution in [0.4, 0.5) is 5.69 Å². The van der Waals surface area contributed by atoms with Crippen LogP contribution in [0.1, 0.15) is 35.7 Å². The number of amides is 1. The number of nitrogen functional groups attached to an aromatic ring is 1. The van der Waals surface area contributed by atoms with Crippen LogP contribution < -0.4 is 11.1 Å². The molecule has 102 valence electrons. The molecule has 0 heterocycles. The zero-order valence-electron chi connectivity index (χ0n) is 11.1. The minimum atomic E-state index is -0.797. The molecular weight excluding hydrogens is 244 g/mol. The van der Waals surface area contributed by atoms with Crippen LogP contribution in [-0.4, -0.2) is 24.0 Å². The van der Waals surface area contributed by atoms with Crippen LogP contribution in [0.2, 0.25) is 0 Å². The summed E-state index contributed by atoms with van der Waals surface area (Å²) in [5.41, 5.74) is 7.33. The predicted molar refractivity (Wildman–Crippen MR) is 71.6 cm³/mol. The topological polar surface area (TPSA) is 81.4 Å². The SMILES string of the molecule is Cc1c(N)cccc1C(=O)OC(C)C(=O)NC1CC1. The average molecular weight is 262 g/mol. The molecule has 0 radical (unpaired) electrons. The van der Waals surface area contributed by atoms with E-state index in [0.29, 0.717) is 16.8 Å². The van der Waals surface area contributed by atoms with Gasteiger partial charge in [-0.1, -0.05) is 6.07 Å². The molecule has 0 aromatic heterocycles. The fourth-order valence-corrected chi connectivity index (χ4v) is 1.70. The van der Waals surface area contributed by atoms with Gasteiger partial charge in [-0.2, -0.15) is 0 Å². The third-order valence-corrected chi connectivity index (χ3v) is 3.17. The number of nitrogens with two attached hydrogens (primary N) is 1. The smallest absolute Gasteiger partial charge is 0.339 e. The summed E-state index contributed by atoms with van der Waals surface area (Å²) in [6.45, 7) is 3.32. The van der Waals surface area contributed by atoms with Gasteiger partial charge in [0.25, 0.3) is 5.91 Å². The summed E-state index contributed by atoms with van der Waals surface area (Å²) in [6, 6.07) is 5.30. The number of hydrogen-bond acceptors (Lipinski definition) is 4. The van der Waals surface area contributed by atoms with Crippen LogP contribution in [0.5, 0.6) is 0 Å². The number of rotatable bonds is 4. The van der Waals surface area contributed by atoms with E-state index in [0.717, 1.165) is 12.8 Å². The Labute approximate surface area is 112 Å². The monoisotopic (exact) mass is 262 g/mol. The van der Waals surface area contributed by atoms with Crippen molar-refractivity contribution >= 4 is 17.6 Å². The van der Waals surface area contributed by atoms with Crippen molar-refractivity contribution in [3.63, 3.8) is 0 Å².